The lowest BCUT2D eigenvalue weighted by Crippen LogP contribution is -2.62. The molecule has 2 saturated heterocycles. The Kier molecular flexibility index (Phi) is 43.2. The summed E-state index contributed by atoms with van der Waals surface area (Å²) in [5.41, 5.74) is 23.9. The van der Waals surface area contributed by atoms with Gasteiger partial charge in [0.1, 0.15) is 72.2 Å². The number of aliphatic hydroxyl groups excluding tert-OH is 1. The van der Waals surface area contributed by atoms with E-state index in [1.807, 2.05) is 0 Å². The van der Waals surface area contributed by atoms with E-state index in [9.17, 15) is 105 Å². The summed E-state index contributed by atoms with van der Waals surface area (Å²) >= 11 is 0. The fourth-order valence-corrected chi connectivity index (χ4v) is 12.4. The molecule has 0 radical (unpaired) electrons. The van der Waals surface area contributed by atoms with Gasteiger partial charge in [0.05, 0.1) is 38.6 Å². The molecule has 660 valence electrons. The minimum atomic E-state index is -5.08. The van der Waals surface area contributed by atoms with Gasteiger partial charge in [0, 0.05) is 44.2 Å². The standard InChI is InChI=1S/C72H116N20O19.C2HF3O2/c1-9-41(8)60(69(107)88-58(39(4)5)68(106)86-48(30-42-20-22-44(94)23-21-42)63(101)84-47(17-11-13-27-74)70(108)92-29-15-19-52(92)72(110)111)90-62(100)46(24-25-53(76)95)83-67(105)57(38(2)3)87-65(103)50(36-93)82-56(98)35-79-54(96)33-78-55(97)34-80-66(104)51-18-14-28-91(51)71(109)59(40(6)7)89-64(102)49(31-43-32-77-37-81-43)85-61(99)45(75)16-10-12-26-73;3-2(4,5)1(6)7/h20-23,32,37-41,45-52,57-60,93-94H,9-19,24-31,33-36,73-75H2,1-8H3,(H2,76,95)(H,77,81)(H,78,97)(H,79,96)(H,80,104)(H,82,98)(H,83,105)(H,84,101)(H,85,99)(H,86,106)(H,87,103)(H,88,107)(H,89,102)(H,90,100)(H,110,111);(H,6,7)/t41-,45-,46-,47-,48-,49-,50-,51-,52-,57-,58-,59-,60-;/m0./s1. The molecule has 44 heteroatoms. The Morgan fingerprint density at radius 2 is 0.983 bits per heavy atom. The number of nitrogens with zero attached hydrogens (tertiary/aromatic N) is 3. The van der Waals surface area contributed by atoms with Gasteiger partial charge in [-0.3, -0.25) is 71.9 Å². The first-order valence-electron chi connectivity index (χ1n) is 39.0. The first kappa shape index (κ1) is 101. The van der Waals surface area contributed by atoms with Crippen LogP contribution in [0.1, 0.15) is 150 Å². The zero-order chi connectivity index (χ0) is 88.8. The van der Waals surface area contributed by atoms with Crippen LogP contribution in [0.5, 0.6) is 5.75 Å². The molecule has 41 nitrogen and oxygen atoms in total. The van der Waals surface area contributed by atoms with Crippen molar-refractivity contribution in [3.05, 3.63) is 48.0 Å². The summed E-state index contributed by atoms with van der Waals surface area (Å²) in [6, 6.07) is -10.0. The van der Waals surface area contributed by atoms with Crippen LogP contribution in [-0.2, 0) is 94.3 Å². The average Bonchev–Trinajstić information content (AvgIpc) is 1.57. The number of hydrogen-bond donors (Lipinski definition) is 21. The Bertz CT molecular complexity index is 3730. The Balaban J connectivity index is 0.00000490. The van der Waals surface area contributed by atoms with Gasteiger partial charge in [0.2, 0.25) is 88.6 Å². The molecular weight excluding hydrogens is 1560 g/mol. The van der Waals surface area contributed by atoms with Crippen LogP contribution in [0, 0.1) is 23.7 Å². The second-order valence-corrected chi connectivity index (χ2v) is 29.7. The smallest absolute Gasteiger partial charge is 0.490 e. The number of phenolic OH excluding ortho intramolecular Hbond substituents is 1. The highest BCUT2D eigenvalue weighted by atomic mass is 19.4. The van der Waals surface area contributed by atoms with Crippen LogP contribution in [0.4, 0.5) is 13.2 Å². The minimum absolute atomic E-state index is 0.0158. The van der Waals surface area contributed by atoms with Gasteiger partial charge in [0.25, 0.3) is 0 Å². The normalized spacial score (nSPS) is 16.7. The van der Waals surface area contributed by atoms with Gasteiger partial charge in [-0.1, -0.05) is 80.4 Å². The lowest BCUT2D eigenvalue weighted by atomic mass is 9.95. The fraction of sp³-hybridized carbons (Fsp3) is 0.649. The molecule has 2 aliphatic rings. The summed E-state index contributed by atoms with van der Waals surface area (Å²) in [5.74, 6) is -19.2. The van der Waals surface area contributed by atoms with Gasteiger partial charge in [-0.2, -0.15) is 13.2 Å². The van der Waals surface area contributed by atoms with Crippen molar-refractivity contribution in [3.63, 3.8) is 0 Å². The maximum Gasteiger partial charge on any atom is 0.490 e. The van der Waals surface area contributed by atoms with Crippen molar-refractivity contribution >= 4 is 101 Å². The number of aliphatic carboxylic acids is 2. The molecule has 4 rings (SSSR count). The zero-order valence-corrected chi connectivity index (χ0v) is 67.5. The third kappa shape index (κ3) is 34.2. The second-order valence-electron chi connectivity index (χ2n) is 29.7. The molecule has 0 aliphatic carbocycles. The summed E-state index contributed by atoms with van der Waals surface area (Å²) in [7, 11) is 0. The predicted octanol–water partition coefficient (Wildman–Crippen LogP) is -4.83. The first-order valence-corrected chi connectivity index (χ1v) is 39.0. The highest BCUT2D eigenvalue weighted by Crippen LogP contribution is 2.24. The van der Waals surface area contributed by atoms with Gasteiger partial charge in [-0.15, -0.1) is 0 Å². The number of carboxylic acid groups (broad SMARTS) is 2. The van der Waals surface area contributed by atoms with E-state index in [1.54, 1.807) is 41.5 Å². The van der Waals surface area contributed by atoms with Gasteiger partial charge in [0.15, 0.2) is 0 Å². The number of nitrogens with one attached hydrogen (secondary N) is 13. The molecule has 0 bridgehead atoms. The van der Waals surface area contributed by atoms with Crippen LogP contribution < -0.4 is 86.7 Å². The number of aromatic hydroxyl groups is 1. The molecule has 1 aromatic carbocycles. The summed E-state index contributed by atoms with van der Waals surface area (Å²) < 4.78 is 31.7. The molecule has 0 spiro atoms. The van der Waals surface area contributed by atoms with Gasteiger partial charge in [-0.25, -0.2) is 14.6 Å². The van der Waals surface area contributed by atoms with Crippen LogP contribution in [0.2, 0.25) is 0 Å². The predicted molar refractivity (Wildman–Crippen MR) is 415 cm³/mol. The second kappa shape index (κ2) is 50.5. The topological polar surface area (TPSA) is 655 Å². The lowest BCUT2D eigenvalue weighted by molar-refractivity contribution is -0.192. The van der Waals surface area contributed by atoms with Crippen molar-refractivity contribution in [2.45, 2.75) is 230 Å². The highest BCUT2D eigenvalue weighted by molar-refractivity contribution is 6.00. The molecule has 2 aromatic rings. The molecule has 3 heterocycles. The van der Waals surface area contributed by atoms with Crippen LogP contribution in [0.3, 0.4) is 0 Å². The first-order chi connectivity index (χ1) is 55.5. The van der Waals surface area contributed by atoms with Crippen molar-refractivity contribution < 1.29 is 115 Å². The van der Waals surface area contributed by atoms with Crippen molar-refractivity contribution in [1.29, 1.82) is 0 Å². The van der Waals surface area contributed by atoms with Gasteiger partial charge in [-0.05, 0) is 119 Å². The molecule has 2 aliphatic heterocycles. The number of aliphatic hydroxyl groups is 1. The van der Waals surface area contributed by atoms with Crippen LogP contribution in [0.15, 0.2) is 36.8 Å². The van der Waals surface area contributed by atoms with Crippen LogP contribution in [-0.4, -0.2) is 272 Å². The van der Waals surface area contributed by atoms with Crippen molar-refractivity contribution in [1.82, 2.24) is 83.6 Å². The number of primary amides is 1. The van der Waals surface area contributed by atoms with E-state index < -0.39 is 242 Å². The van der Waals surface area contributed by atoms with E-state index in [-0.39, 0.29) is 63.9 Å². The van der Waals surface area contributed by atoms with Crippen LogP contribution >= 0.6 is 0 Å². The Labute approximate surface area is 680 Å². The number of aromatic nitrogens is 2. The molecule has 0 saturated carbocycles. The third-order valence-corrected chi connectivity index (χ3v) is 19.4. The number of H-pyrrole nitrogens is 1. The molecule has 118 heavy (non-hydrogen) atoms. The van der Waals surface area contributed by atoms with E-state index in [1.165, 1.54) is 60.4 Å². The molecular formula is C74H117F3N20O21. The molecule has 15 amide bonds. The number of halogens is 3. The number of likely N-dealkylation sites (tertiary alicyclic amines) is 2. The maximum absolute atomic E-state index is 14.5. The number of unbranched alkanes of at least 4 members (excludes halogenated alkanes) is 2. The van der Waals surface area contributed by atoms with E-state index in [2.05, 4.69) is 73.8 Å². The van der Waals surface area contributed by atoms with E-state index >= 15 is 0 Å². The molecule has 0 unspecified atom stereocenters. The number of carboxylic acids is 2. The zero-order valence-electron chi connectivity index (χ0n) is 67.5. The van der Waals surface area contributed by atoms with Gasteiger partial charge < -0.3 is 122 Å². The number of amides is 15. The SMILES string of the molecule is CC[C@H](C)[C@H](NC(=O)[C@H](CCC(N)=O)NC(=O)[C@@H](NC(=O)[C@H](CO)NC(=O)CNC(=O)CNC(=O)CNC(=O)[C@@H]1CCCN1C(=O)[C@@H](NC(=O)[C@H](Cc1cnc[nH]1)NC(=O)[C@@H](N)CCCCN)C(C)C)C(C)C)C(=O)N[C@H](C(=O)N[C@@H](Cc1ccc(O)cc1)C(=O)N[C@@H](CCCCN)C(=O)N1CCC[C@H]1C(=O)O)C(C)C.O=C(O)C(F)(F)F. The number of carbonyl (C=O) groups excluding carboxylic acids is 15. The van der Waals surface area contributed by atoms with Crippen molar-refractivity contribution in [2.24, 2.45) is 46.6 Å². The van der Waals surface area contributed by atoms with E-state index in [4.69, 9.17) is 32.8 Å². The number of phenols is 1. The number of carbonyl (C=O) groups is 17. The highest BCUT2D eigenvalue weighted by Gasteiger charge is 2.43. The van der Waals surface area contributed by atoms with E-state index in [0.717, 1.165) is 0 Å². The maximum atomic E-state index is 14.5. The van der Waals surface area contributed by atoms with Crippen molar-refractivity contribution in [3.8, 4) is 5.75 Å². The van der Waals surface area contributed by atoms with Crippen LogP contribution in [0.25, 0.3) is 0 Å². The Morgan fingerprint density at radius 1 is 0.534 bits per heavy atom. The number of alkyl halides is 3. The largest absolute Gasteiger partial charge is 0.508 e. The number of rotatable bonds is 48. The van der Waals surface area contributed by atoms with Gasteiger partial charge >= 0.3 is 18.1 Å². The van der Waals surface area contributed by atoms with Crippen molar-refractivity contribution in [2.75, 3.05) is 52.4 Å². The molecule has 1 aromatic heterocycles. The summed E-state index contributed by atoms with van der Waals surface area (Å²) in [6.45, 7) is 10.7. The Morgan fingerprint density at radius 3 is 1.49 bits per heavy atom. The molecule has 25 N–H and O–H groups in total. The van der Waals surface area contributed by atoms with E-state index in [0.29, 0.717) is 62.7 Å². The Hall–Kier alpha value is -11.2. The number of nitrogens with two attached hydrogens (primary N) is 4. The molecule has 2 fully saturated rings. The monoisotopic (exact) mass is 1680 g/mol. The quantitative estimate of drug-likeness (QED) is 0.0276. The summed E-state index contributed by atoms with van der Waals surface area (Å²) in [4.78, 5) is 236. The lowest BCUT2D eigenvalue weighted by Gasteiger charge is -2.31. The number of imidazole rings is 1. The fourth-order valence-electron chi connectivity index (χ4n) is 12.4. The minimum Gasteiger partial charge on any atom is -0.508 e. The number of aromatic amines is 1. The summed E-state index contributed by atoms with van der Waals surface area (Å²) in [6.07, 6.45) is 0.704. The summed E-state index contributed by atoms with van der Waals surface area (Å²) in [5, 5.41) is 67.5. The molecule has 13 atom stereocenters. The third-order valence-electron chi connectivity index (χ3n) is 19.4. The average molecular weight is 1680 g/mol. The number of benzene rings is 1. The number of hydrogen-bond acceptors (Lipinski definition) is 23.